The number of carbonyl (C=O) groups is 1. The molecular weight excluding hydrogens is 250 g/mol. The molecule has 1 heterocycles. The number of nitrogens with one attached hydrogen (secondary N) is 1. The number of aryl methyl sites for hydroxylation is 2. The molecule has 0 aliphatic heterocycles. The van der Waals surface area contributed by atoms with Gasteiger partial charge in [-0.25, -0.2) is 0 Å². The maximum absolute atomic E-state index is 12.1. The van der Waals surface area contributed by atoms with Gasteiger partial charge in [-0.3, -0.25) is 4.79 Å². The second kappa shape index (κ2) is 4.97. The smallest absolute Gasteiger partial charge is 0.261 e. The van der Waals surface area contributed by atoms with Crippen molar-refractivity contribution >= 4 is 23.1 Å². The van der Waals surface area contributed by atoms with Gasteiger partial charge in [0.15, 0.2) is 5.84 Å². The second-order valence-electron chi connectivity index (χ2n) is 4.66. The van der Waals surface area contributed by atoms with Crippen LogP contribution in [0.15, 0.2) is 11.2 Å². The van der Waals surface area contributed by atoms with E-state index >= 15 is 0 Å². The highest BCUT2D eigenvalue weighted by molar-refractivity contribution is 7.14. The Hall–Kier alpha value is -1.56. The standard InChI is InChI=1S/C12H17N3O2S/c1-6-5-9(18-7(6)2)12(16)14-10(8-3-4-8)11(13)15-17/h5,8,10,17H,3-4H2,1-2H3,(H2,13,15)(H,14,16). The van der Waals surface area contributed by atoms with Crippen molar-refractivity contribution in [2.75, 3.05) is 0 Å². The molecule has 98 valence electrons. The highest BCUT2D eigenvalue weighted by atomic mass is 32.1. The summed E-state index contributed by atoms with van der Waals surface area (Å²) >= 11 is 1.46. The number of hydrogen-bond acceptors (Lipinski definition) is 4. The lowest BCUT2D eigenvalue weighted by molar-refractivity contribution is 0.0947. The third kappa shape index (κ3) is 2.64. The quantitative estimate of drug-likeness (QED) is 0.335. The molecular formula is C12H17N3O2S. The lowest BCUT2D eigenvalue weighted by Gasteiger charge is -2.15. The minimum atomic E-state index is -0.356. The molecule has 0 aromatic carbocycles. The molecule has 1 saturated carbocycles. The van der Waals surface area contributed by atoms with Crippen molar-refractivity contribution in [1.29, 1.82) is 0 Å². The number of nitrogens with two attached hydrogens (primary N) is 1. The van der Waals surface area contributed by atoms with Crippen LogP contribution < -0.4 is 11.1 Å². The Balaban J connectivity index is 2.09. The average Bonchev–Trinajstić information content (AvgIpc) is 3.12. The molecule has 18 heavy (non-hydrogen) atoms. The van der Waals surface area contributed by atoms with Gasteiger partial charge in [0.25, 0.3) is 5.91 Å². The first kappa shape index (κ1) is 12.9. The van der Waals surface area contributed by atoms with Gasteiger partial charge in [-0.2, -0.15) is 0 Å². The Morgan fingerprint density at radius 3 is 2.72 bits per heavy atom. The molecule has 4 N–H and O–H groups in total. The van der Waals surface area contributed by atoms with Crippen LogP contribution in [-0.2, 0) is 0 Å². The van der Waals surface area contributed by atoms with Gasteiger partial charge in [0.1, 0.15) is 0 Å². The fraction of sp³-hybridized carbons (Fsp3) is 0.500. The van der Waals surface area contributed by atoms with Gasteiger partial charge in [0, 0.05) is 4.88 Å². The van der Waals surface area contributed by atoms with Gasteiger partial charge in [0.2, 0.25) is 0 Å². The number of oxime groups is 1. The SMILES string of the molecule is Cc1cc(C(=O)NC(C(N)=NO)C2CC2)sc1C. The molecule has 1 fully saturated rings. The zero-order valence-corrected chi connectivity index (χ0v) is 11.3. The molecule has 1 unspecified atom stereocenters. The summed E-state index contributed by atoms with van der Waals surface area (Å²) in [5, 5.41) is 14.6. The van der Waals surface area contributed by atoms with E-state index in [1.165, 1.54) is 11.3 Å². The Morgan fingerprint density at radius 1 is 1.61 bits per heavy atom. The minimum Gasteiger partial charge on any atom is -0.409 e. The summed E-state index contributed by atoms with van der Waals surface area (Å²) < 4.78 is 0. The van der Waals surface area contributed by atoms with E-state index in [2.05, 4.69) is 10.5 Å². The van der Waals surface area contributed by atoms with E-state index in [4.69, 9.17) is 10.9 Å². The maximum atomic E-state index is 12.1. The molecule has 6 heteroatoms. The van der Waals surface area contributed by atoms with Crippen molar-refractivity contribution in [2.45, 2.75) is 32.7 Å². The zero-order valence-electron chi connectivity index (χ0n) is 10.4. The zero-order chi connectivity index (χ0) is 13.3. The third-order valence-electron chi connectivity index (χ3n) is 3.20. The van der Waals surface area contributed by atoms with Gasteiger partial charge < -0.3 is 16.3 Å². The maximum Gasteiger partial charge on any atom is 0.261 e. The molecule has 0 radical (unpaired) electrons. The van der Waals surface area contributed by atoms with E-state index in [1.807, 2.05) is 19.9 Å². The molecule has 0 spiro atoms. The largest absolute Gasteiger partial charge is 0.409 e. The molecule has 0 bridgehead atoms. The number of amidine groups is 1. The van der Waals surface area contributed by atoms with E-state index in [9.17, 15) is 4.79 Å². The molecule has 1 atom stereocenters. The van der Waals surface area contributed by atoms with Crippen molar-refractivity contribution in [3.05, 3.63) is 21.4 Å². The molecule has 1 aromatic rings. The summed E-state index contributed by atoms with van der Waals surface area (Å²) in [5.74, 6) is 0.225. The number of thiophene rings is 1. The van der Waals surface area contributed by atoms with Crippen LogP contribution in [-0.4, -0.2) is 23.0 Å². The number of hydrogen-bond donors (Lipinski definition) is 3. The number of rotatable bonds is 4. The Labute approximate surface area is 110 Å². The first-order chi connectivity index (χ1) is 8.52. The predicted octanol–water partition coefficient (Wildman–Crippen LogP) is 1.62. The highest BCUT2D eigenvalue weighted by Crippen LogP contribution is 2.33. The summed E-state index contributed by atoms with van der Waals surface area (Å²) in [7, 11) is 0. The van der Waals surface area contributed by atoms with Crippen LogP contribution in [0.5, 0.6) is 0 Å². The monoisotopic (exact) mass is 267 g/mol. The van der Waals surface area contributed by atoms with E-state index < -0.39 is 0 Å². The first-order valence-corrected chi connectivity index (χ1v) is 6.70. The van der Waals surface area contributed by atoms with Gasteiger partial charge in [-0.1, -0.05) is 5.16 Å². The van der Waals surface area contributed by atoms with Crippen LogP contribution in [0.1, 0.15) is 33.0 Å². The van der Waals surface area contributed by atoms with Gasteiger partial charge in [0.05, 0.1) is 10.9 Å². The van der Waals surface area contributed by atoms with Crippen LogP contribution in [0.25, 0.3) is 0 Å². The Kier molecular flexibility index (Phi) is 3.56. The molecule has 0 saturated heterocycles. The fourth-order valence-corrected chi connectivity index (χ4v) is 2.76. The third-order valence-corrected chi connectivity index (χ3v) is 4.36. The number of nitrogens with zero attached hydrogens (tertiary/aromatic N) is 1. The highest BCUT2D eigenvalue weighted by Gasteiger charge is 2.35. The van der Waals surface area contributed by atoms with Gasteiger partial charge in [-0.15, -0.1) is 11.3 Å². The molecule has 1 amide bonds. The van der Waals surface area contributed by atoms with Crippen LogP contribution >= 0.6 is 11.3 Å². The normalized spacial score (nSPS) is 17.6. The summed E-state index contributed by atoms with van der Waals surface area (Å²) in [6, 6.07) is 1.51. The van der Waals surface area contributed by atoms with Crippen LogP contribution in [0.2, 0.25) is 0 Å². The lowest BCUT2D eigenvalue weighted by Crippen LogP contribution is -2.45. The second-order valence-corrected chi connectivity index (χ2v) is 5.92. The van der Waals surface area contributed by atoms with Crippen LogP contribution in [0.4, 0.5) is 0 Å². The molecule has 1 aromatic heterocycles. The van der Waals surface area contributed by atoms with Crippen molar-refractivity contribution < 1.29 is 10.0 Å². The van der Waals surface area contributed by atoms with Gasteiger partial charge in [-0.05, 0) is 44.2 Å². The van der Waals surface area contributed by atoms with Crippen molar-refractivity contribution in [2.24, 2.45) is 16.8 Å². The summed E-state index contributed by atoms with van der Waals surface area (Å²) in [6.07, 6.45) is 2.01. The predicted molar refractivity (Wildman–Crippen MR) is 71.2 cm³/mol. The van der Waals surface area contributed by atoms with Crippen LogP contribution in [0, 0.1) is 19.8 Å². The molecule has 5 nitrogen and oxygen atoms in total. The molecule has 2 rings (SSSR count). The van der Waals surface area contributed by atoms with E-state index in [0.29, 0.717) is 10.8 Å². The van der Waals surface area contributed by atoms with Crippen molar-refractivity contribution in [1.82, 2.24) is 5.32 Å². The summed E-state index contributed by atoms with van der Waals surface area (Å²) in [5.41, 5.74) is 6.72. The van der Waals surface area contributed by atoms with Crippen molar-refractivity contribution in [3.63, 3.8) is 0 Å². The Bertz CT molecular complexity index is 472. The van der Waals surface area contributed by atoms with Gasteiger partial charge >= 0.3 is 0 Å². The number of carbonyl (C=O) groups excluding carboxylic acids is 1. The first-order valence-electron chi connectivity index (χ1n) is 5.88. The number of amides is 1. The van der Waals surface area contributed by atoms with Crippen LogP contribution in [0.3, 0.4) is 0 Å². The summed E-state index contributed by atoms with van der Waals surface area (Å²) in [6.45, 7) is 3.96. The van der Waals surface area contributed by atoms with E-state index in [0.717, 1.165) is 23.3 Å². The van der Waals surface area contributed by atoms with Crippen molar-refractivity contribution in [3.8, 4) is 0 Å². The summed E-state index contributed by atoms with van der Waals surface area (Å²) in [4.78, 5) is 13.9. The fourth-order valence-electron chi connectivity index (χ4n) is 1.82. The van der Waals surface area contributed by atoms with E-state index in [-0.39, 0.29) is 17.8 Å². The molecule has 1 aliphatic rings. The topological polar surface area (TPSA) is 87.7 Å². The van der Waals surface area contributed by atoms with E-state index in [1.54, 1.807) is 0 Å². The Morgan fingerprint density at radius 2 is 2.28 bits per heavy atom. The lowest BCUT2D eigenvalue weighted by atomic mass is 10.1. The minimum absolute atomic E-state index is 0.0795. The average molecular weight is 267 g/mol. The molecule has 1 aliphatic carbocycles.